The molecule has 0 saturated carbocycles. The summed E-state index contributed by atoms with van der Waals surface area (Å²) in [4.78, 5) is 4.82. The molecule has 0 N–H and O–H groups in total. The minimum atomic E-state index is 0.656. The van der Waals surface area contributed by atoms with Crippen LogP contribution in [0.5, 0.6) is 5.75 Å². The van der Waals surface area contributed by atoms with E-state index in [0.29, 0.717) is 13.3 Å². The Kier molecular flexibility index (Phi) is 5.66. The highest BCUT2D eigenvalue weighted by molar-refractivity contribution is 7.71. The first-order valence-electron chi connectivity index (χ1n) is 10.7. The smallest absolute Gasteiger partial charge is 0.203 e. The van der Waals surface area contributed by atoms with Crippen molar-refractivity contribution in [1.29, 1.82) is 0 Å². The highest BCUT2D eigenvalue weighted by Crippen LogP contribution is 2.23. The summed E-state index contributed by atoms with van der Waals surface area (Å²) in [6.45, 7) is 6.10. The van der Waals surface area contributed by atoms with E-state index in [-0.39, 0.29) is 0 Å². The summed E-state index contributed by atoms with van der Waals surface area (Å²) in [6, 6.07) is 18.6. The molecule has 1 saturated heterocycles. The Morgan fingerprint density at radius 1 is 0.900 bits per heavy atom. The molecule has 0 unspecified atom stereocenters. The van der Waals surface area contributed by atoms with Crippen molar-refractivity contribution in [1.82, 2.24) is 24.1 Å². The standard InChI is InChI=1S/C23H27N5OS/c30-23-27(18-26-14-15-29-21-11-5-4-8-19(21)16-26)24-22(17-25-12-6-7-13-25)28(23)20-9-2-1-3-10-20/h1-5,8-11H,6-7,12-18H2. The van der Waals surface area contributed by atoms with Crippen LogP contribution >= 0.6 is 12.2 Å². The van der Waals surface area contributed by atoms with E-state index in [1.165, 1.54) is 18.4 Å². The van der Waals surface area contributed by atoms with E-state index in [2.05, 4.69) is 50.8 Å². The van der Waals surface area contributed by atoms with E-state index < -0.39 is 0 Å². The molecule has 0 aliphatic carbocycles. The molecule has 30 heavy (non-hydrogen) atoms. The van der Waals surface area contributed by atoms with Gasteiger partial charge in [0.25, 0.3) is 0 Å². The van der Waals surface area contributed by atoms with E-state index in [0.717, 1.165) is 54.8 Å². The first-order valence-corrected chi connectivity index (χ1v) is 11.1. The third-order valence-electron chi connectivity index (χ3n) is 5.85. The molecule has 0 spiro atoms. The van der Waals surface area contributed by atoms with Gasteiger partial charge in [-0.1, -0.05) is 36.4 Å². The number of hydrogen-bond acceptors (Lipinski definition) is 5. The number of likely N-dealkylation sites (tertiary alicyclic amines) is 1. The summed E-state index contributed by atoms with van der Waals surface area (Å²) in [5.74, 6) is 1.99. The molecule has 7 heteroatoms. The summed E-state index contributed by atoms with van der Waals surface area (Å²) in [5.41, 5.74) is 2.29. The highest BCUT2D eigenvalue weighted by Gasteiger charge is 2.21. The minimum absolute atomic E-state index is 0.656. The van der Waals surface area contributed by atoms with Crippen LogP contribution in [-0.2, 0) is 19.8 Å². The topological polar surface area (TPSA) is 38.5 Å². The van der Waals surface area contributed by atoms with Gasteiger partial charge in [-0.3, -0.25) is 14.4 Å². The van der Waals surface area contributed by atoms with Crippen LogP contribution in [0.15, 0.2) is 54.6 Å². The lowest BCUT2D eigenvalue weighted by molar-refractivity contribution is 0.176. The highest BCUT2D eigenvalue weighted by atomic mass is 32.1. The Hall–Kier alpha value is -2.48. The zero-order chi connectivity index (χ0) is 20.3. The van der Waals surface area contributed by atoms with Crippen LogP contribution in [0.2, 0.25) is 0 Å². The van der Waals surface area contributed by atoms with Crippen molar-refractivity contribution >= 4 is 12.2 Å². The van der Waals surface area contributed by atoms with Crippen LogP contribution < -0.4 is 4.74 Å². The molecule has 2 aromatic carbocycles. The van der Waals surface area contributed by atoms with Crippen LogP contribution in [0.3, 0.4) is 0 Å². The fraction of sp³-hybridized carbons (Fsp3) is 0.391. The fourth-order valence-electron chi connectivity index (χ4n) is 4.31. The molecule has 2 aliphatic rings. The Morgan fingerprint density at radius 3 is 2.50 bits per heavy atom. The number of benzene rings is 2. The molecule has 0 amide bonds. The average molecular weight is 422 g/mol. The zero-order valence-electron chi connectivity index (χ0n) is 17.1. The number of aromatic nitrogens is 3. The second kappa shape index (κ2) is 8.71. The molecule has 156 valence electrons. The quantitative estimate of drug-likeness (QED) is 0.585. The first kappa shape index (κ1) is 19.5. The van der Waals surface area contributed by atoms with Crippen LogP contribution in [0.4, 0.5) is 0 Å². The maximum atomic E-state index is 5.92. The molecule has 0 bridgehead atoms. The zero-order valence-corrected chi connectivity index (χ0v) is 17.9. The van der Waals surface area contributed by atoms with Crippen molar-refractivity contribution in [2.45, 2.75) is 32.6 Å². The van der Waals surface area contributed by atoms with E-state index in [9.17, 15) is 0 Å². The molecule has 3 aromatic rings. The van der Waals surface area contributed by atoms with Gasteiger partial charge in [-0.25, -0.2) is 4.68 Å². The van der Waals surface area contributed by atoms with Gasteiger partial charge in [0.2, 0.25) is 4.77 Å². The third-order valence-corrected chi connectivity index (χ3v) is 6.24. The SMILES string of the molecule is S=c1n(CN2CCOc3ccccc3C2)nc(CN2CCCC2)n1-c1ccccc1. The van der Waals surface area contributed by atoms with Gasteiger partial charge < -0.3 is 4.74 Å². The van der Waals surface area contributed by atoms with Crippen LogP contribution in [-0.4, -0.2) is 50.4 Å². The molecular weight excluding hydrogens is 394 g/mol. The largest absolute Gasteiger partial charge is 0.492 e. The summed E-state index contributed by atoms with van der Waals surface area (Å²) in [7, 11) is 0. The second-order valence-corrected chi connectivity index (χ2v) is 8.37. The van der Waals surface area contributed by atoms with Crippen LogP contribution in [0, 0.1) is 4.77 Å². The van der Waals surface area contributed by atoms with Crippen LogP contribution in [0.25, 0.3) is 5.69 Å². The number of nitrogens with zero attached hydrogens (tertiary/aromatic N) is 5. The summed E-state index contributed by atoms with van der Waals surface area (Å²) < 4.78 is 10.8. The number of rotatable bonds is 5. The molecule has 0 atom stereocenters. The summed E-state index contributed by atoms with van der Waals surface area (Å²) >= 11 is 5.90. The van der Waals surface area contributed by atoms with Crippen LogP contribution in [0.1, 0.15) is 24.2 Å². The first-order chi connectivity index (χ1) is 14.8. The lowest BCUT2D eigenvalue weighted by atomic mass is 10.2. The van der Waals surface area contributed by atoms with E-state index in [1.807, 2.05) is 22.9 Å². The maximum absolute atomic E-state index is 5.92. The summed E-state index contributed by atoms with van der Waals surface area (Å²) in [5, 5.41) is 4.98. The van der Waals surface area contributed by atoms with Crippen molar-refractivity contribution in [3.8, 4) is 11.4 Å². The molecule has 3 heterocycles. The molecule has 0 radical (unpaired) electrons. The number of fused-ring (bicyclic) bond motifs is 1. The molecule has 5 rings (SSSR count). The molecule has 1 fully saturated rings. The predicted octanol–water partition coefficient (Wildman–Crippen LogP) is 3.85. The van der Waals surface area contributed by atoms with Crippen molar-refractivity contribution in [3.63, 3.8) is 0 Å². The van der Waals surface area contributed by atoms with Crippen molar-refractivity contribution in [2.75, 3.05) is 26.2 Å². The normalized spacial score (nSPS) is 17.5. The lowest BCUT2D eigenvalue weighted by Gasteiger charge is -2.18. The van der Waals surface area contributed by atoms with Gasteiger partial charge in [0, 0.05) is 24.3 Å². The Morgan fingerprint density at radius 2 is 1.67 bits per heavy atom. The van der Waals surface area contributed by atoms with E-state index in [1.54, 1.807) is 0 Å². The third kappa shape index (κ3) is 4.05. The van der Waals surface area contributed by atoms with Gasteiger partial charge in [0.1, 0.15) is 12.4 Å². The molecule has 6 nitrogen and oxygen atoms in total. The van der Waals surface area contributed by atoms with Gasteiger partial charge in [-0.2, -0.15) is 5.10 Å². The van der Waals surface area contributed by atoms with Gasteiger partial charge in [0.15, 0.2) is 5.82 Å². The lowest BCUT2D eigenvalue weighted by Crippen LogP contribution is -2.29. The van der Waals surface area contributed by atoms with Gasteiger partial charge in [0.05, 0.1) is 13.2 Å². The molecular formula is C23H27N5OS. The number of hydrogen-bond donors (Lipinski definition) is 0. The summed E-state index contributed by atoms with van der Waals surface area (Å²) in [6.07, 6.45) is 2.53. The Bertz CT molecular complexity index is 1050. The number of ether oxygens (including phenoxy) is 1. The minimum Gasteiger partial charge on any atom is -0.492 e. The predicted molar refractivity (Wildman–Crippen MR) is 119 cm³/mol. The van der Waals surface area contributed by atoms with E-state index >= 15 is 0 Å². The van der Waals surface area contributed by atoms with E-state index in [4.69, 9.17) is 22.1 Å². The van der Waals surface area contributed by atoms with Crippen molar-refractivity contribution in [3.05, 3.63) is 70.8 Å². The van der Waals surface area contributed by atoms with Crippen molar-refractivity contribution in [2.24, 2.45) is 0 Å². The monoisotopic (exact) mass is 421 g/mol. The number of para-hydroxylation sites is 2. The Balaban J connectivity index is 1.45. The maximum Gasteiger partial charge on any atom is 0.203 e. The Labute approximate surface area is 182 Å². The molecule has 1 aromatic heterocycles. The van der Waals surface area contributed by atoms with Crippen molar-refractivity contribution < 1.29 is 4.74 Å². The van der Waals surface area contributed by atoms with Gasteiger partial charge in [-0.15, -0.1) is 0 Å². The molecule has 2 aliphatic heterocycles. The second-order valence-electron chi connectivity index (χ2n) is 8.00. The van der Waals surface area contributed by atoms with Gasteiger partial charge >= 0.3 is 0 Å². The fourth-order valence-corrected chi connectivity index (χ4v) is 4.62. The van der Waals surface area contributed by atoms with Gasteiger partial charge in [-0.05, 0) is 56.3 Å². The average Bonchev–Trinajstić information content (AvgIpc) is 3.32.